The van der Waals surface area contributed by atoms with Crippen LogP contribution in [-0.2, 0) is 9.47 Å². The van der Waals surface area contributed by atoms with E-state index in [4.69, 9.17) is 14.6 Å². The zero-order valence-electron chi connectivity index (χ0n) is 20.3. The van der Waals surface area contributed by atoms with Gasteiger partial charge in [0.05, 0.1) is 12.2 Å². The Bertz CT molecular complexity index is 691. The number of carbonyl (C=O) groups is 1. The fourth-order valence-corrected chi connectivity index (χ4v) is 9.38. The molecule has 4 aliphatic carbocycles. The number of rotatable bonds is 2. The van der Waals surface area contributed by atoms with Gasteiger partial charge >= 0.3 is 6.16 Å². The van der Waals surface area contributed by atoms with Gasteiger partial charge < -0.3 is 14.6 Å². The molecule has 0 radical (unpaired) electrons. The van der Waals surface area contributed by atoms with Crippen LogP contribution in [0.25, 0.3) is 0 Å². The van der Waals surface area contributed by atoms with Crippen LogP contribution in [0.3, 0.4) is 0 Å². The predicted octanol–water partition coefficient (Wildman–Crippen LogP) is 6.93. The first kappa shape index (κ1) is 23.1. The van der Waals surface area contributed by atoms with Gasteiger partial charge in [0.25, 0.3) is 0 Å². The minimum absolute atomic E-state index is 0.0908. The van der Waals surface area contributed by atoms with Crippen LogP contribution in [0.15, 0.2) is 12.7 Å². The van der Waals surface area contributed by atoms with Crippen LogP contribution >= 0.6 is 0 Å². The first-order valence-electron chi connectivity index (χ1n) is 13.0. The Morgan fingerprint density at radius 2 is 1.77 bits per heavy atom. The van der Waals surface area contributed by atoms with E-state index >= 15 is 0 Å². The molecule has 1 aliphatic heterocycles. The average molecular weight is 433 g/mol. The second-order valence-corrected chi connectivity index (χ2v) is 11.5. The van der Waals surface area contributed by atoms with Gasteiger partial charge in [-0.2, -0.15) is 0 Å². The summed E-state index contributed by atoms with van der Waals surface area (Å²) < 4.78 is 11.7. The summed E-state index contributed by atoms with van der Waals surface area (Å²) in [4.78, 5) is 11.0. The van der Waals surface area contributed by atoms with Gasteiger partial charge in [0, 0.05) is 0 Å². The van der Waals surface area contributed by atoms with Gasteiger partial charge in [-0.15, -0.1) is 6.58 Å². The number of fused-ring (bicyclic) bond motifs is 7. The smallest absolute Gasteiger partial charge is 0.450 e. The molecule has 5 fully saturated rings. The van der Waals surface area contributed by atoms with E-state index in [1.165, 1.54) is 32.1 Å². The monoisotopic (exact) mass is 432 g/mol. The van der Waals surface area contributed by atoms with Gasteiger partial charge in [-0.1, -0.05) is 40.7 Å². The van der Waals surface area contributed by atoms with Crippen molar-refractivity contribution in [1.29, 1.82) is 0 Å². The molecule has 1 N–H and O–H groups in total. The number of ether oxygens (including phenoxy) is 2. The molecule has 0 amide bonds. The molecule has 176 valence electrons. The third kappa shape index (κ3) is 3.47. The summed E-state index contributed by atoms with van der Waals surface area (Å²) in [5.41, 5.74) is 0.770. The zero-order chi connectivity index (χ0) is 22.6. The lowest BCUT2D eigenvalue weighted by Gasteiger charge is -2.61. The van der Waals surface area contributed by atoms with Gasteiger partial charge in [0.1, 0.15) is 6.10 Å². The topological polar surface area (TPSA) is 55.8 Å². The van der Waals surface area contributed by atoms with E-state index in [1.54, 1.807) is 0 Å². The van der Waals surface area contributed by atoms with E-state index in [-0.39, 0.29) is 12.2 Å². The molecule has 5 rings (SSSR count). The minimum Gasteiger partial charge on any atom is -0.450 e. The molecule has 10 unspecified atom stereocenters. The molecule has 1 heterocycles. The summed E-state index contributed by atoms with van der Waals surface area (Å²) in [5, 5.41) is 9.04. The van der Waals surface area contributed by atoms with Crippen LogP contribution in [-0.4, -0.2) is 29.6 Å². The van der Waals surface area contributed by atoms with Crippen molar-refractivity contribution in [1.82, 2.24) is 0 Å². The van der Waals surface area contributed by atoms with Crippen molar-refractivity contribution in [2.75, 3.05) is 0 Å². The van der Waals surface area contributed by atoms with Gasteiger partial charge in [-0.25, -0.2) is 4.79 Å². The van der Waals surface area contributed by atoms with Crippen LogP contribution in [0.2, 0.25) is 0 Å². The quantitative estimate of drug-likeness (QED) is 0.379. The fourth-order valence-electron chi connectivity index (χ4n) is 9.38. The first-order valence-corrected chi connectivity index (χ1v) is 13.0. The summed E-state index contributed by atoms with van der Waals surface area (Å²) >= 11 is 0. The molecule has 0 spiro atoms. The van der Waals surface area contributed by atoms with E-state index in [1.807, 2.05) is 19.9 Å². The lowest BCUT2D eigenvalue weighted by molar-refractivity contribution is -0.131. The highest BCUT2D eigenvalue weighted by Crippen LogP contribution is 2.70. The predicted molar refractivity (Wildman–Crippen MR) is 123 cm³/mol. The number of carboxylic acid groups (broad SMARTS) is 1. The molecule has 0 aromatic carbocycles. The second kappa shape index (κ2) is 8.39. The molecule has 4 saturated carbocycles. The Morgan fingerprint density at radius 1 is 1.06 bits per heavy atom. The molecule has 0 aromatic heterocycles. The highest BCUT2D eigenvalue weighted by Gasteiger charge is 2.65. The maximum absolute atomic E-state index is 11.0. The molecule has 5 aliphatic rings. The molecule has 4 nitrogen and oxygen atoms in total. The third-order valence-corrected chi connectivity index (χ3v) is 10.6. The SMILES string of the molecule is C=CC1OC2CC3C4CCC5CC(OC(=O)O)CCC5(C)C4CCC3(C)C2[C@@H]1C.CC. The molecular formula is C27H44O4. The fraction of sp³-hybridized carbons (Fsp3) is 0.889. The number of hydrogen-bond acceptors (Lipinski definition) is 3. The standard InChI is InChI=1S/C25H38O4.C2H6/c1-5-20-14(2)22-21(29-20)13-19-17-7-6-15-12-16(28-23(26)27)8-10-24(15,3)18(17)9-11-25(19,22)4;1-2/h5,14-22H,1,6-13H2,2-4H3,(H,26,27);1-2H3/t14-,15?,16?,17?,18?,19?,20?,21?,22?,24?,25?;/m1./s1. The van der Waals surface area contributed by atoms with E-state index in [0.29, 0.717) is 34.7 Å². The highest BCUT2D eigenvalue weighted by atomic mass is 16.7. The van der Waals surface area contributed by atoms with E-state index in [2.05, 4.69) is 27.4 Å². The van der Waals surface area contributed by atoms with Crippen LogP contribution in [0.5, 0.6) is 0 Å². The van der Waals surface area contributed by atoms with E-state index < -0.39 is 6.16 Å². The van der Waals surface area contributed by atoms with Gasteiger partial charge in [-0.05, 0) is 97.7 Å². The molecule has 4 heteroatoms. The summed E-state index contributed by atoms with van der Waals surface area (Å²) in [6.07, 6.45) is 10.9. The van der Waals surface area contributed by atoms with Crippen molar-refractivity contribution >= 4 is 6.16 Å². The lowest BCUT2D eigenvalue weighted by atomic mass is 9.44. The molecule has 0 aromatic rings. The van der Waals surface area contributed by atoms with Gasteiger partial charge in [0.2, 0.25) is 0 Å². The molecule has 31 heavy (non-hydrogen) atoms. The Kier molecular flexibility index (Phi) is 6.26. The second-order valence-electron chi connectivity index (χ2n) is 11.5. The zero-order valence-corrected chi connectivity index (χ0v) is 20.3. The van der Waals surface area contributed by atoms with Crippen molar-refractivity contribution in [2.24, 2.45) is 46.3 Å². The summed E-state index contributed by atoms with van der Waals surface area (Å²) in [5.74, 6) is 4.27. The third-order valence-electron chi connectivity index (χ3n) is 10.6. The van der Waals surface area contributed by atoms with Gasteiger partial charge in [-0.3, -0.25) is 0 Å². The van der Waals surface area contributed by atoms with Gasteiger partial charge in [0.15, 0.2) is 0 Å². The average Bonchev–Trinajstić information content (AvgIpc) is 3.23. The molecular weight excluding hydrogens is 388 g/mol. The highest BCUT2D eigenvalue weighted by molar-refractivity contribution is 5.57. The van der Waals surface area contributed by atoms with Crippen LogP contribution in [0.1, 0.15) is 86.0 Å². The molecule has 1 saturated heterocycles. The van der Waals surface area contributed by atoms with Crippen LogP contribution in [0.4, 0.5) is 4.79 Å². The molecule has 0 bridgehead atoms. The van der Waals surface area contributed by atoms with E-state index in [0.717, 1.165) is 37.0 Å². The maximum Gasteiger partial charge on any atom is 0.506 e. The Balaban J connectivity index is 0.00000112. The van der Waals surface area contributed by atoms with Crippen LogP contribution in [0, 0.1) is 46.3 Å². The van der Waals surface area contributed by atoms with Crippen molar-refractivity contribution in [3.8, 4) is 0 Å². The van der Waals surface area contributed by atoms with Crippen molar-refractivity contribution < 1.29 is 19.4 Å². The van der Waals surface area contributed by atoms with Crippen molar-refractivity contribution in [2.45, 2.75) is 104 Å². The summed E-state index contributed by atoms with van der Waals surface area (Å²) in [6.45, 7) is 15.5. The Labute approximate surface area is 189 Å². The Morgan fingerprint density at radius 3 is 2.45 bits per heavy atom. The van der Waals surface area contributed by atoms with E-state index in [9.17, 15) is 4.79 Å². The van der Waals surface area contributed by atoms with Crippen molar-refractivity contribution in [3.63, 3.8) is 0 Å². The lowest BCUT2D eigenvalue weighted by Crippen LogP contribution is -2.54. The Hall–Kier alpha value is -1.03. The summed E-state index contributed by atoms with van der Waals surface area (Å²) in [6, 6.07) is 0. The van der Waals surface area contributed by atoms with Crippen LogP contribution < -0.4 is 0 Å². The molecule has 11 atom stereocenters. The van der Waals surface area contributed by atoms with Crippen molar-refractivity contribution in [3.05, 3.63) is 12.7 Å². The normalized spacial score (nSPS) is 52.5. The summed E-state index contributed by atoms with van der Waals surface area (Å²) in [7, 11) is 0. The maximum atomic E-state index is 11.0. The number of hydrogen-bond donors (Lipinski definition) is 1. The minimum atomic E-state index is -1.11. The largest absolute Gasteiger partial charge is 0.506 e. The first-order chi connectivity index (χ1) is 14.8.